The number of carbonyl (C=O) groups is 1. The van der Waals surface area contributed by atoms with E-state index in [1.54, 1.807) is 0 Å². The van der Waals surface area contributed by atoms with Gasteiger partial charge >= 0.3 is 0 Å². The number of aromatic nitrogens is 3. The number of carbonyl (C=O) groups excluding carboxylic acids is 1. The van der Waals surface area contributed by atoms with Crippen molar-refractivity contribution in [1.29, 1.82) is 0 Å². The summed E-state index contributed by atoms with van der Waals surface area (Å²) in [5.41, 5.74) is 4.01. The van der Waals surface area contributed by atoms with Crippen LogP contribution >= 0.6 is 11.8 Å². The van der Waals surface area contributed by atoms with Crippen LogP contribution in [0.15, 0.2) is 47.6 Å². The molecule has 1 atom stereocenters. The van der Waals surface area contributed by atoms with Gasteiger partial charge < -0.3 is 19.9 Å². The number of anilines is 2. The Morgan fingerprint density at radius 2 is 2.03 bits per heavy atom. The van der Waals surface area contributed by atoms with Crippen molar-refractivity contribution in [2.45, 2.75) is 51.0 Å². The van der Waals surface area contributed by atoms with Gasteiger partial charge in [0.05, 0.1) is 24.9 Å². The summed E-state index contributed by atoms with van der Waals surface area (Å²) in [6, 6.07) is 12.0. The zero-order valence-electron chi connectivity index (χ0n) is 18.8. The van der Waals surface area contributed by atoms with E-state index in [4.69, 9.17) is 4.74 Å². The maximum Gasteiger partial charge on any atom is 0.234 e. The van der Waals surface area contributed by atoms with Crippen LogP contribution in [0.4, 0.5) is 15.8 Å². The van der Waals surface area contributed by atoms with Crippen molar-refractivity contribution < 1.29 is 13.9 Å². The minimum absolute atomic E-state index is 0.119. The lowest BCUT2D eigenvalue weighted by molar-refractivity contribution is -0.113. The number of rotatable bonds is 9. The predicted molar refractivity (Wildman–Crippen MR) is 128 cm³/mol. The van der Waals surface area contributed by atoms with Gasteiger partial charge in [-0.1, -0.05) is 29.5 Å². The Labute approximate surface area is 197 Å². The van der Waals surface area contributed by atoms with E-state index < -0.39 is 0 Å². The third-order valence-corrected chi connectivity index (χ3v) is 6.45. The van der Waals surface area contributed by atoms with Crippen molar-refractivity contribution in [1.82, 2.24) is 14.8 Å². The highest BCUT2D eigenvalue weighted by Crippen LogP contribution is 2.23. The van der Waals surface area contributed by atoms with Gasteiger partial charge in [0.15, 0.2) is 11.0 Å². The highest BCUT2D eigenvalue weighted by atomic mass is 32.2. The molecule has 1 amide bonds. The maximum absolute atomic E-state index is 13.1. The molecule has 1 saturated heterocycles. The van der Waals surface area contributed by atoms with Crippen LogP contribution in [0.2, 0.25) is 0 Å². The summed E-state index contributed by atoms with van der Waals surface area (Å²) in [5, 5.41) is 15.6. The number of benzene rings is 2. The number of aryl methyl sites for hydroxylation is 2. The molecule has 4 rings (SSSR count). The van der Waals surface area contributed by atoms with Crippen LogP contribution < -0.4 is 10.6 Å². The highest BCUT2D eigenvalue weighted by Gasteiger charge is 2.21. The number of hydrogen-bond acceptors (Lipinski definition) is 6. The highest BCUT2D eigenvalue weighted by molar-refractivity contribution is 7.99. The summed E-state index contributed by atoms with van der Waals surface area (Å²) in [4.78, 5) is 12.4. The smallest absolute Gasteiger partial charge is 0.234 e. The van der Waals surface area contributed by atoms with Crippen molar-refractivity contribution in [3.8, 4) is 0 Å². The fourth-order valence-corrected chi connectivity index (χ4v) is 4.55. The number of nitrogens with zero attached hydrogens (tertiary/aromatic N) is 3. The normalized spacial score (nSPS) is 15.5. The molecule has 2 heterocycles. The molecular weight excluding hydrogens is 441 g/mol. The molecule has 174 valence electrons. The first-order valence-electron chi connectivity index (χ1n) is 11.0. The van der Waals surface area contributed by atoms with E-state index in [1.807, 2.05) is 4.57 Å². The molecule has 9 heteroatoms. The standard InChI is InChI=1S/C24H28FN5O2S/c1-16-5-10-21(17(2)12-16)26-13-22-28-29-24(30(22)14-20-4-3-11-32-20)33-15-23(31)27-19-8-6-18(25)7-9-19/h5-10,12,20,26H,3-4,11,13-15H2,1-2H3,(H,27,31)/t20-/m1/s1. The van der Waals surface area contributed by atoms with Crippen molar-refractivity contribution in [3.63, 3.8) is 0 Å². The lowest BCUT2D eigenvalue weighted by Crippen LogP contribution is -2.20. The number of thioether (sulfide) groups is 1. The average Bonchev–Trinajstić information content (AvgIpc) is 3.44. The summed E-state index contributed by atoms with van der Waals surface area (Å²) < 4.78 is 20.9. The number of amides is 1. The molecule has 0 radical (unpaired) electrons. The van der Waals surface area contributed by atoms with Crippen molar-refractivity contribution in [2.24, 2.45) is 0 Å². The summed E-state index contributed by atoms with van der Waals surface area (Å²) in [6.07, 6.45) is 2.16. The van der Waals surface area contributed by atoms with Crippen molar-refractivity contribution in [3.05, 3.63) is 65.2 Å². The Morgan fingerprint density at radius 3 is 2.76 bits per heavy atom. The lowest BCUT2D eigenvalue weighted by atomic mass is 10.1. The van der Waals surface area contributed by atoms with E-state index >= 15 is 0 Å². The predicted octanol–water partition coefficient (Wildman–Crippen LogP) is 4.56. The number of ether oxygens (including phenoxy) is 1. The topological polar surface area (TPSA) is 81.1 Å². The van der Waals surface area contributed by atoms with Crippen LogP contribution in [0.25, 0.3) is 0 Å². The van der Waals surface area contributed by atoms with Gasteiger partial charge in [0.25, 0.3) is 0 Å². The molecule has 7 nitrogen and oxygen atoms in total. The average molecular weight is 470 g/mol. The molecule has 0 aliphatic carbocycles. The molecule has 3 aromatic rings. The van der Waals surface area contributed by atoms with E-state index in [0.29, 0.717) is 23.9 Å². The molecule has 0 bridgehead atoms. The first kappa shape index (κ1) is 23.3. The minimum atomic E-state index is -0.341. The van der Waals surface area contributed by atoms with E-state index in [0.717, 1.165) is 31.0 Å². The Bertz CT molecular complexity index is 1100. The van der Waals surface area contributed by atoms with Crippen LogP contribution in [0, 0.1) is 19.7 Å². The number of hydrogen-bond donors (Lipinski definition) is 2. The SMILES string of the molecule is Cc1ccc(NCc2nnc(SCC(=O)Nc3ccc(F)cc3)n2C[C@H]2CCCO2)c(C)c1. The summed E-state index contributed by atoms with van der Waals surface area (Å²) in [6.45, 7) is 6.09. The Kier molecular flexibility index (Phi) is 7.61. The molecule has 0 unspecified atom stereocenters. The van der Waals surface area contributed by atoms with Gasteiger partial charge in [-0.3, -0.25) is 4.79 Å². The Morgan fingerprint density at radius 1 is 1.21 bits per heavy atom. The quantitative estimate of drug-likeness (QED) is 0.448. The molecule has 33 heavy (non-hydrogen) atoms. The van der Waals surface area contributed by atoms with Gasteiger partial charge in [0.2, 0.25) is 5.91 Å². The van der Waals surface area contributed by atoms with Crippen molar-refractivity contribution in [2.75, 3.05) is 23.0 Å². The zero-order valence-corrected chi connectivity index (χ0v) is 19.6. The molecule has 1 aliphatic heterocycles. The van der Waals surface area contributed by atoms with Crippen LogP contribution in [0.3, 0.4) is 0 Å². The molecule has 2 N–H and O–H groups in total. The monoisotopic (exact) mass is 469 g/mol. The molecule has 1 aromatic heterocycles. The summed E-state index contributed by atoms with van der Waals surface area (Å²) >= 11 is 1.33. The first-order valence-corrected chi connectivity index (χ1v) is 12.0. The van der Waals surface area contributed by atoms with Gasteiger partial charge in [-0.2, -0.15) is 0 Å². The molecule has 1 aliphatic rings. The maximum atomic E-state index is 13.1. The van der Waals surface area contributed by atoms with Gasteiger partial charge in [0, 0.05) is 18.0 Å². The van der Waals surface area contributed by atoms with Crippen LogP contribution in [0.5, 0.6) is 0 Å². The van der Waals surface area contributed by atoms with E-state index in [2.05, 4.69) is 52.9 Å². The van der Waals surface area contributed by atoms with E-state index in [-0.39, 0.29) is 23.6 Å². The second-order valence-electron chi connectivity index (χ2n) is 8.16. The van der Waals surface area contributed by atoms with E-state index in [9.17, 15) is 9.18 Å². The second-order valence-corrected chi connectivity index (χ2v) is 9.10. The third-order valence-electron chi connectivity index (χ3n) is 5.48. The number of nitrogens with one attached hydrogen (secondary N) is 2. The van der Waals surface area contributed by atoms with Crippen molar-refractivity contribution >= 4 is 29.0 Å². The van der Waals surface area contributed by atoms with Gasteiger partial charge in [-0.15, -0.1) is 10.2 Å². The second kappa shape index (κ2) is 10.8. The minimum Gasteiger partial charge on any atom is -0.378 e. The lowest BCUT2D eigenvalue weighted by Gasteiger charge is -2.16. The van der Waals surface area contributed by atoms with Gasteiger partial charge in [-0.25, -0.2) is 4.39 Å². The summed E-state index contributed by atoms with van der Waals surface area (Å²) in [5.74, 6) is 0.442. The Hall–Kier alpha value is -2.91. The number of halogens is 1. The van der Waals surface area contributed by atoms with Crippen LogP contribution in [-0.2, 0) is 22.6 Å². The van der Waals surface area contributed by atoms with Crippen LogP contribution in [-0.4, -0.2) is 39.1 Å². The molecule has 2 aromatic carbocycles. The fraction of sp³-hybridized carbons (Fsp3) is 0.375. The van der Waals surface area contributed by atoms with Crippen LogP contribution in [0.1, 0.15) is 29.8 Å². The molecular formula is C24H28FN5O2S. The molecule has 0 saturated carbocycles. The largest absolute Gasteiger partial charge is 0.378 e. The summed E-state index contributed by atoms with van der Waals surface area (Å²) in [7, 11) is 0. The Balaban J connectivity index is 1.43. The molecule has 1 fully saturated rings. The van der Waals surface area contributed by atoms with E-state index in [1.165, 1.54) is 47.2 Å². The fourth-order valence-electron chi connectivity index (χ4n) is 3.78. The molecule has 0 spiro atoms. The zero-order chi connectivity index (χ0) is 23.2. The first-order chi connectivity index (χ1) is 16.0. The van der Waals surface area contributed by atoms with Gasteiger partial charge in [-0.05, 0) is 62.6 Å². The third kappa shape index (κ3) is 6.33. The van der Waals surface area contributed by atoms with Gasteiger partial charge in [0.1, 0.15) is 5.82 Å².